The fourth-order valence-corrected chi connectivity index (χ4v) is 3.50. The van der Waals surface area contributed by atoms with Gasteiger partial charge in [0.05, 0.1) is 0 Å². The molecule has 0 fully saturated rings. The molecule has 7 nitrogen and oxygen atoms in total. The van der Waals surface area contributed by atoms with Crippen molar-refractivity contribution in [1.29, 1.82) is 0 Å². The van der Waals surface area contributed by atoms with E-state index in [4.69, 9.17) is 0 Å². The lowest BCUT2D eigenvalue weighted by Crippen LogP contribution is -2.42. The minimum absolute atomic E-state index is 0.174. The number of aryl methyl sites for hydroxylation is 1. The SMILES string of the molecule is Cn1cnnc1SCc1ccc(C(=O)NNC(=O)CC2C=CCC2)cc1. The summed E-state index contributed by atoms with van der Waals surface area (Å²) in [6.07, 6.45) is 8.21. The topological polar surface area (TPSA) is 88.9 Å². The number of thioether (sulfide) groups is 1. The Morgan fingerprint density at radius 2 is 2.08 bits per heavy atom. The van der Waals surface area contributed by atoms with Gasteiger partial charge in [-0.3, -0.25) is 20.4 Å². The first-order chi connectivity index (χ1) is 12.6. The number of benzene rings is 1. The zero-order valence-electron chi connectivity index (χ0n) is 14.5. The van der Waals surface area contributed by atoms with Gasteiger partial charge in [0.15, 0.2) is 5.16 Å². The number of hydrazine groups is 1. The van der Waals surface area contributed by atoms with Crippen molar-refractivity contribution in [3.05, 3.63) is 53.9 Å². The molecule has 1 aliphatic carbocycles. The van der Waals surface area contributed by atoms with Crippen molar-refractivity contribution in [2.24, 2.45) is 13.0 Å². The van der Waals surface area contributed by atoms with E-state index in [1.165, 1.54) is 0 Å². The molecule has 0 saturated carbocycles. The number of rotatable bonds is 6. The molecule has 0 saturated heterocycles. The minimum atomic E-state index is -0.326. The molecule has 8 heteroatoms. The highest BCUT2D eigenvalue weighted by molar-refractivity contribution is 7.98. The molecule has 1 unspecified atom stereocenters. The molecule has 1 aliphatic rings. The first-order valence-corrected chi connectivity index (χ1v) is 9.42. The number of carbonyl (C=O) groups excluding carboxylic acids is 2. The maximum atomic E-state index is 12.1. The largest absolute Gasteiger partial charge is 0.312 e. The molecule has 136 valence electrons. The van der Waals surface area contributed by atoms with Gasteiger partial charge in [-0.1, -0.05) is 36.0 Å². The van der Waals surface area contributed by atoms with Crippen LogP contribution in [0.25, 0.3) is 0 Å². The van der Waals surface area contributed by atoms with Crippen LogP contribution in [-0.4, -0.2) is 26.6 Å². The molecular weight excluding hydrogens is 350 g/mol. The zero-order chi connectivity index (χ0) is 18.4. The quantitative estimate of drug-likeness (QED) is 0.462. The second kappa shape index (κ2) is 8.66. The average Bonchev–Trinajstić information content (AvgIpc) is 3.30. The Bertz CT molecular complexity index is 800. The van der Waals surface area contributed by atoms with Crippen molar-refractivity contribution in [1.82, 2.24) is 25.6 Å². The molecule has 3 rings (SSSR count). The molecule has 26 heavy (non-hydrogen) atoms. The van der Waals surface area contributed by atoms with Crippen molar-refractivity contribution in [2.45, 2.75) is 30.2 Å². The van der Waals surface area contributed by atoms with Gasteiger partial charge in [-0.2, -0.15) is 0 Å². The van der Waals surface area contributed by atoms with Gasteiger partial charge in [-0.05, 0) is 36.5 Å². The van der Waals surface area contributed by atoms with Crippen LogP contribution >= 0.6 is 11.8 Å². The van der Waals surface area contributed by atoms with Crippen LogP contribution in [0.5, 0.6) is 0 Å². The Labute approximate surface area is 156 Å². The van der Waals surface area contributed by atoms with Crippen LogP contribution in [0.3, 0.4) is 0 Å². The van der Waals surface area contributed by atoms with E-state index < -0.39 is 0 Å². The predicted molar refractivity (Wildman–Crippen MR) is 99.1 cm³/mol. The van der Waals surface area contributed by atoms with Crippen molar-refractivity contribution >= 4 is 23.6 Å². The van der Waals surface area contributed by atoms with Crippen molar-refractivity contribution < 1.29 is 9.59 Å². The second-order valence-corrected chi connectivity index (χ2v) is 7.12. The summed E-state index contributed by atoms with van der Waals surface area (Å²) in [5, 5.41) is 8.70. The Morgan fingerprint density at radius 3 is 2.73 bits per heavy atom. The number of allylic oxidation sites excluding steroid dienone is 2. The van der Waals surface area contributed by atoms with Gasteiger partial charge in [-0.15, -0.1) is 10.2 Å². The predicted octanol–water partition coefficient (Wildman–Crippen LogP) is 2.22. The van der Waals surface area contributed by atoms with E-state index in [9.17, 15) is 9.59 Å². The monoisotopic (exact) mass is 371 g/mol. The van der Waals surface area contributed by atoms with Crippen LogP contribution in [0.2, 0.25) is 0 Å². The third-order valence-corrected chi connectivity index (χ3v) is 5.23. The zero-order valence-corrected chi connectivity index (χ0v) is 15.3. The Hall–Kier alpha value is -2.61. The van der Waals surface area contributed by atoms with Crippen LogP contribution in [-0.2, 0) is 17.6 Å². The molecule has 2 amide bonds. The van der Waals surface area contributed by atoms with Gasteiger partial charge in [-0.25, -0.2) is 0 Å². The highest BCUT2D eigenvalue weighted by Gasteiger charge is 2.14. The second-order valence-electron chi connectivity index (χ2n) is 6.18. The number of hydrogen-bond acceptors (Lipinski definition) is 5. The lowest BCUT2D eigenvalue weighted by Gasteiger charge is -2.10. The van der Waals surface area contributed by atoms with E-state index >= 15 is 0 Å². The molecule has 2 aromatic rings. The number of aromatic nitrogens is 3. The van der Waals surface area contributed by atoms with Crippen LogP contribution in [0, 0.1) is 5.92 Å². The maximum Gasteiger partial charge on any atom is 0.269 e. The molecule has 0 bridgehead atoms. The van der Waals surface area contributed by atoms with Gasteiger partial charge >= 0.3 is 0 Å². The smallest absolute Gasteiger partial charge is 0.269 e. The van der Waals surface area contributed by atoms with Crippen LogP contribution in [0.4, 0.5) is 0 Å². The molecule has 1 atom stereocenters. The molecular formula is C18H21N5O2S. The number of hydrogen-bond donors (Lipinski definition) is 2. The van der Waals surface area contributed by atoms with Crippen molar-refractivity contribution in [2.75, 3.05) is 0 Å². The summed E-state index contributed by atoms with van der Waals surface area (Å²) < 4.78 is 1.86. The van der Waals surface area contributed by atoms with E-state index in [1.807, 2.05) is 23.7 Å². The van der Waals surface area contributed by atoms with E-state index in [-0.39, 0.29) is 17.7 Å². The first-order valence-electron chi connectivity index (χ1n) is 8.43. The highest BCUT2D eigenvalue weighted by atomic mass is 32.2. The molecule has 1 aromatic carbocycles. The van der Waals surface area contributed by atoms with Gasteiger partial charge in [0.1, 0.15) is 6.33 Å². The third kappa shape index (κ3) is 4.95. The van der Waals surface area contributed by atoms with Crippen LogP contribution in [0.15, 0.2) is 47.9 Å². The van der Waals surface area contributed by atoms with E-state index in [0.717, 1.165) is 29.3 Å². The number of carbonyl (C=O) groups is 2. The maximum absolute atomic E-state index is 12.1. The Kier molecular flexibility index (Phi) is 6.06. The van der Waals surface area contributed by atoms with Gasteiger partial charge in [0, 0.05) is 24.8 Å². The average molecular weight is 371 g/mol. The molecule has 0 radical (unpaired) electrons. The summed E-state index contributed by atoms with van der Waals surface area (Å²) in [5.74, 6) is 0.511. The minimum Gasteiger partial charge on any atom is -0.312 e. The number of nitrogens with zero attached hydrogens (tertiary/aromatic N) is 3. The first kappa shape index (κ1) is 18.2. The van der Waals surface area contributed by atoms with Crippen molar-refractivity contribution in [3.63, 3.8) is 0 Å². The Morgan fingerprint density at radius 1 is 1.27 bits per heavy atom. The molecule has 0 aliphatic heterocycles. The lowest BCUT2D eigenvalue weighted by molar-refractivity contribution is -0.122. The molecule has 0 spiro atoms. The summed E-state index contributed by atoms with van der Waals surface area (Å²) in [7, 11) is 1.90. The van der Waals surface area contributed by atoms with Gasteiger partial charge in [0.25, 0.3) is 5.91 Å². The summed E-state index contributed by atoms with van der Waals surface area (Å²) >= 11 is 1.58. The molecule has 1 aromatic heterocycles. The highest BCUT2D eigenvalue weighted by Crippen LogP contribution is 2.20. The van der Waals surface area contributed by atoms with Crippen LogP contribution < -0.4 is 10.9 Å². The van der Waals surface area contributed by atoms with Gasteiger partial charge < -0.3 is 4.57 Å². The van der Waals surface area contributed by atoms with E-state index in [1.54, 1.807) is 30.2 Å². The standard InChI is InChI=1S/C18H21N5O2S/c1-23-12-19-22-18(23)26-11-14-6-8-15(9-7-14)17(25)21-20-16(24)10-13-4-2-3-5-13/h2,4,6-9,12-13H,3,5,10-11H2,1H3,(H,20,24)(H,21,25). The third-order valence-electron chi connectivity index (χ3n) is 4.13. The fourth-order valence-electron chi connectivity index (χ4n) is 2.66. The fraction of sp³-hybridized carbons (Fsp3) is 0.333. The number of amides is 2. The number of nitrogens with one attached hydrogen (secondary N) is 2. The Balaban J connectivity index is 1.45. The lowest BCUT2D eigenvalue weighted by atomic mass is 10.1. The summed E-state index contributed by atoms with van der Waals surface area (Å²) in [6.45, 7) is 0. The van der Waals surface area contributed by atoms with E-state index in [0.29, 0.717) is 12.0 Å². The van der Waals surface area contributed by atoms with E-state index in [2.05, 4.69) is 33.2 Å². The molecule has 2 N–H and O–H groups in total. The van der Waals surface area contributed by atoms with Crippen LogP contribution in [0.1, 0.15) is 35.2 Å². The summed E-state index contributed by atoms with van der Waals surface area (Å²) in [4.78, 5) is 24.0. The van der Waals surface area contributed by atoms with Gasteiger partial charge in [0.2, 0.25) is 5.91 Å². The summed E-state index contributed by atoms with van der Waals surface area (Å²) in [6, 6.07) is 7.27. The normalized spacial score (nSPS) is 15.8. The van der Waals surface area contributed by atoms with Crippen molar-refractivity contribution in [3.8, 4) is 0 Å². The summed E-state index contributed by atoms with van der Waals surface area (Å²) in [5.41, 5.74) is 6.52. The molecule has 1 heterocycles.